The van der Waals surface area contributed by atoms with Gasteiger partial charge in [-0.2, -0.15) is 0 Å². The Morgan fingerprint density at radius 1 is 1.25 bits per heavy atom. The zero-order chi connectivity index (χ0) is 12.1. The summed E-state index contributed by atoms with van der Waals surface area (Å²) < 4.78 is 0. The van der Waals surface area contributed by atoms with Crippen LogP contribution in [-0.2, 0) is 4.79 Å². The second kappa shape index (κ2) is 5.90. The summed E-state index contributed by atoms with van der Waals surface area (Å²) >= 11 is 5.78. The first-order chi connectivity index (χ1) is 7.50. The van der Waals surface area contributed by atoms with Crippen LogP contribution in [-0.4, -0.2) is 11.1 Å². The Bertz CT molecular complexity index is 343. The zero-order valence-electron chi connectivity index (χ0n) is 9.61. The quantitative estimate of drug-likeness (QED) is 0.846. The molecule has 0 radical (unpaired) electrons. The molecule has 1 aromatic rings. The van der Waals surface area contributed by atoms with Crippen molar-refractivity contribution in [3.05, 3.63) is 34.9 Å². The summed E-state index contributed by atoms with van der Waals surface area (Å²) in [4.78, 5) is 11.2. The number of hydrogen-bond donors (Lipinski definition) is 1. The van der Waals surface area contributed by atoms with Crippen molar-refractivity contribution in [1.82, 2.24) is 0 Å². The molecule has 1 rings (SSSR count). The third-order valence-electron chi connectivity index (χ3n) is 2.60. The normalized spacial score (nSPS) is 12.8. The van der Waals surface area contributed by atoms with E-state index in [0.717, 1.165) is 12.0 Å². The minimum absolute atomic E-state index is 0.417. The molecule has 1 unspecified atom stereocenters. The van der Waals surface area contributed by atoms with Crippen LogP contribution in [0.5, 0.6) is 0 Å². The van der Waals surface area contributed by atoms with Gasteiger partial charge in [0.05, 0.1) is 5.92 Å². The van der Waals surface area contributed by atoms with Crippen molar-refractivity contribution in [2.45, 2.75) is 32.6 Å². The smallest absolute Gasteiger partial charge is 0.310 e. The number of halogens is 1. The molecule has 0 saturated carbocycles. The van der Waals surface area contributed by atoms with E-state index < -0.39 is 11.9 Å². The van der Waals surface area contributed by atoms with Crippen LogP contribution in [0.3, 0.4) is 0 Å². The molecule has 0 amide bonds. The Kier molecular flexibility index (Phi) is 4.81. The maximum Gasteiger partial charge on any atom is 0.310 e. The number of carbonyl (C=O) groups is 1. The van der Waals surface area contributed by atoms with Crippen molar-refractivity contribution in [3.8, 4) is 0 Å². The predicted octanol–water partition coefficient (Wildman–Crippen LogP) is 3.94. The Labute approximate surface area is 101 Å². The van der Waals surface area contributed by atoms with E-state index in [2.05, 4.69) is 13.8 Å². The Morgan fingerprint density at radius 2 is 1.81 bits per heavy atom. The van der Waals surface area contributed by atoms with E-state index in [0.29, 0.717) is 17.4 Å². The molecule has 0 heterocycles. The number of rotatable bonds is 5. The van der Waals surface area contributed by atoms with Crippen LogP contribution in [0.4, 0.5) is 0 Å². The van der Waals surface area contributed by atoms with Crippen molar-refractivity contribution in [2.75, 3.05) is 0 Å². The van der Waals surface area contributed by atoms with Crippen LogP contribution < -0.4 is 0 Å². The van der Waals surface area contributed by atoms with Crippen molar-refractivity contribution in [3.63, 3.8) is 0 Å². The molecule has 3 heteroatoms. The van der Waals surface area contributed by atoms with E-state index in [9.17, 15) is 9.90 Å². The van der Waals surface area contributed by atoms with E-state index in [4.69, 9.17) is 11.6 Å². The number of hydrogen-bond acceptors (Lipinski definition) is 1. The second-order valence-electron chi connectivity index (χ2n) is 4.41. The van der Waals surface area contributed by atoms with Gasteiger partial charge in [0.2, 0.25) is 0 Å². The summed E-state index contributed by atoms with van der Waals surface area (Å²) in [6.45, 7) is 4.20. The fraction of sp³-hybridized carbons (Fsp3) is 0.462. The van der Waals surface area contributed by atoms with Crippen molar-refractivity contribution in [1.29, 1.82) is 0 Å². The molecule has 1 N–H and O–H groups in total. The fourth-order valence-corrected chi connectivity index (χ4v) is 1.75. The molecule has 0 aliphatic rings. The van der Waals surface area contributed by atoms with Gasteiger partial charge >= 0.3 is 5.97 Å². The maximum absolute atomic E-state index is 11.2. The van der Waals surface area contributed by atoms with Gasteiger partial charge in [0.15, 0.2) is 0 Å². The summed E-state index contributed by atoms with van der Waals surface area (Å²) in [6, 6.07) is 7.06. The van der Waals surface area contributed by atoms with Gasteiger partial charge in [0, 0.05) is 5.02 Å². The summed E-state index contributed by atoms with van der Waals surface area (Å²) in [6.07, 6.45) is 1.59. The first kappa shape index (κ1) is 13.0. The molecular weight excluding hydrogens is 224 g/mol. The molecule has 0 saturated heterocycles. The maximum atomic E-state index is 11.2. The summed E-state index contributed by atoms with van der Waals surface area (Å²) in [7, 11) is 0. The standard InChI is InChI=1S/C13H17ClO2/c1-9(2)3-8-12(13(15)16)10-4-6-11(14)7-5-10/h4-7,9,12H,3,8H2,1-2H3,(H,15,16). The Morgan fingerprint density at radius 3 is 2.25 bits per heavy atom. The average molecular weight is 241 g/mol. The average Bonchev–Trinajstić information content (AvgIpc) is 2.20. The van der Waals surface area contributed by atoms with Gasteiger partial charge in [-0.25, -0.2) is 0 Å². The monoisotopic (exact) mass is 240 g/mol. The minimum Gasteiger partial charge on any atom is -0.481 e. The molecule has 0 aromatic heterocycles. The predicted molar refractivity (Wildman–Crippen MR) is 65.9 cm³/mol. The van der Waals surface area contributed by atoms with Gasteiger partial charge < -0.3 is 5.11 Å². The number of aliphatic carboxylic acids is 1. The molecule has 1 atom stereocenters. The molecular formula is C13H17ClO2. The van der Waals surface area contributed by atoms with Gasteiger partial charge in [0.1, 0.15) is 0 Å². The molecule has 0 aliphatic heterocycles. The first-order valence-corrected chi connectivity index (χ1v) is 5.86. The molecule has 0 spiro atoms. The van der Waals surface area contributed by atoms with Crippen LogP contribution in [0.2, 0.25) is 5.02 Å². The summed E-state index contributed by atoms with van der Waals surface area (Å²) in [5, 5.41) is 9.81. The first-order valence-electron chi connectivity index (χ1n) is 5.49. The number of carboxylic acids is 1. The van der Waals surface area contributed by atoms with Crippen LogP contribution in [0, 0.1) is 5.92 Å². The van der Waals surface area contributed by atoms with Crippen molar-refractivity contribution >= 4 is 17.6 Å². The topological polar surface area (TPSA) is 37.3 Å². The third-order valence-corrected chi connectivity index (χ3v) is 2.86. The van der Waals surface area contributed by atoms with Crippen LogP contribution in [0.25, 0.3) is 0 Å². The third kappa shape index (κ3) is 3.86. The number of carboxylic acid groups (broad SMARTS) is 1. The minimum atomic E-state index is -0.761. The van der Waals surface area contributed by atoms with Crippen LogP contribution in [0.15, 0.2) is 24.3 Å². The highest BCUT2D eigenvalue weighted by Crippen LogP contribution is 2.25. The van der Waals surface area contributed by atoms with Gasteiger partial charge in [-0.05, 0) is 36.5 Å². The van der Waals surface area contributed by atoms with Gasteiger partial charge in [-0.1, -0.05) is 37.6 Å². The summed E-state index contributed by atoms with van der Waals surface area (Å²) in [5.74, 6) is -0.656. The molecule has 88 valence electrons. The van der Waals surface area contributed by atoms with Gasteiger partial charge in [0.25, 0.3) is 0 Å². The van der Waals surface area contributed by atoms with Crippen molar-refractivity contribution < 1.29 is 9.90 Å². The lowest BCUT2D eigenvalue weighted by Gasteiger charge is -2.14. The summed E-state index contributed by atoms with van der Waals surface area (Å²) in [5.41, 5.74) is 0.831. The Hall–Kier alpha value is -1.02. The van der Waals surface area contributed by atoms with Gasteiger partial charge in [-0.15, -0.1) is 0 Å². The lowest BCUT2D eigenvalue weighted by atomic mass is 9.91. The second-order valence-corrected chi connectivity index (χ2v) is 4.85. The SMILES string of the molecule is CC(C)CCC(C(=O)O)c1ccc(Cl)cc1. The van der Waals surface area contributed by atoms with E-state index in [1.807, 2.05) is 0 Å². The molecule has 16 heavy (non-hydrogen) atoms. The largest absolute Gasteiger partial charge is 0.481 e. The molecule has 0 bridgehead atoms. The van der Waals surface area contributed by atoms with Crippen LogP contribution >= 0.6 is 11.6 Å². The molecule has 0 aliphatic carbocycles. The lowest BCUT2D eigenvalue weighted by molar-refractivity contribution is -0.139. The fourth-order valence-electron chi connectivity index (χ4n) is 1.63. The number of benzene rings is 1. The molecule has 2 nitrogen and oxygen atoms in total. The van der Waals surface area contributed by atoms with Crippen LogP contribution in [0.1, 0.15) is 38.2 Å². The van der Waals surface area contributed by atoms with E-state index in [1.54, 1.807) is 24.3 Å². The Balaban J connectivity index is 2.77. The van der Waals surface area contributed by atoms with E-state index in [1.165, 1.54) is 0 Å². The van der Waals surface area contributed by atoms with Crippen molar-refractivity contribution in [2.24, 2.45) is 5.92 Å². The van der Waals surface area contributed by atoms with E-state index in [-0.39, 0.29) is 0 Å². The molecule has 1 aromatic carbocycles. The zero-order valence-corrected chi connectivity index (χ0v) is 10.4. The highest BCUT2D eigenvalue weighted by Gasteiger charge is 2.19. The molecule has 0 fully saturated rings. The highest BCUT2D eigenvalue weighted by molar-refractivity contribution is 6.30. The van der Waals surface area contributed by atoms with E-state index >= 15 is 0 Å². The highest BCUT2D eigenvalue weighted by atomic mass is 35.5. The van der Waals surface area contributed by atoms with Gasteiger partial charge in [-0.3, -0.25) is 4.79 Å². The lowest BCUT2D eigenvalue weighted by Crippen LogP contribution is -2.12.